The molecular weight excluding hydrogens is 274 g/mol. The molecule has 0 saturated carbocycles. The van der Waals surface area contributed by atoms with Crippen LogP contribution in [0, 0.1) is 18.3 Å². The molecule has 0 aliphatic carbocycles. The molecule has 112 valence electrons. The van der Waals surface area contributed by atoms with Gasteiger partial charge in [0.2, 0.25) is 5.95 Å². The Balaban J connectivity index is 1.69. The molecule has 5 heteroatoms. The van der Waals surface area contributed by atoms with E-state index in [9.17, 15) is 5.26 Å². The summed E-state index contributed by atoms with van der Waals surface area (Å²) in [4.78, 5) is 13.0. The third kappa shape index (κ3) is 3.07. The van der Waals surface area contributed by atoms with Crippen molar-refractivity contribution in [3.05, 3.63) is 53.9 Å². The molecule has 0 amide bonds. The summed E-state index contributed by atoms with van der Waals surface area (Å²) in [5.41, 5.74) is 2.26. The van der Waals surface area contributed by atoms with Gasteiger partial charge in [0.1, 0.15) is 6.04 Å². The lowest BCUT2D eigenvalue weighted by Gasteiger charge is -2.37. The topological polar surface area (TPSA) is 56.1 Å². The van der Waals surface area contributed by atoms with Crippen LogP contribution in [0.2, 0.25) is 0 Å². The Bertz CT molecular complexity index is 656. The standard InChI is InChI=1S/C17H19N5/c1-14-4-2-5-15(12-14)16(13-18)21-8-10-22(11-9-21)17-19-6-3-7-20-17/h2-7,12,16H,8-11H2,1H3. The van der Waals surface area contributed by atoms with Crippen molar-refractivity contribution in [2.75, 3.05) is 31.1 Å². The minimum atomic E-state index is -0.182. The fraction of sp³-hybridized carbons (Fsp3) is 0.353. The molecule has 1 aromatic carbocycles. The molecule has 3 rings (SSSR count). The molecular formula is C17H19N5. The fourth-order valence-corrected chi connectivity index (χ4v) is 2.84. The van der Waals surface area contributed by atoms with E-state index < -0.39 is 0 Å². The van der Waals surface area contributed by atoms with Gasteiger partial charge in [-0.05, 0) is 18.6 Å². The molecule has 1 atom stereocenters. The molecule has 1 aromatic heterocycles. The average Bonchev–Trinajstić information content (AvgIpc) is 2.57. The van der Waals surface area contributed by atoms with Gasteiger partial charge < -0.3 is 4.90 Å². The van der Waals surface area contributed by atoms with Gasteiger partial charge in [0, 0.05) is 38.6 Å². The van der Waals surface area contributed by atoms with Gasteiger partial charge in [-0.2, -0.15) is 5.26 Å². The zero-order valence-corrected chi connectivity index (χ0v) is 12.7. The summed E-state index contributed by atoms with van der Waals surface area (Å²) in [5, 5.41) is 9.58. The molecule has 22 heavy (non-hydrogen) atoms. The lowest BCUT2D eigenvalue weighted by atomic mass is 10.0. The number of aromatic nitrogens is 2. The molecule has 1 aliphatic rings. The van der Waals surface area contributed by atoms with Crippen molar-refractivity contribution in [3.63, 3.8) is 0 Å². The van der Waals surface area contributed by atoms with Crippen LogP contribution in [0.5, 0.6) is 0 Å². The Kier molecular flexibility index (Phi) is 4.31. The van der Waals surface area contributed by atoms with Gasteiger partial charge in [-0.1, -0.05) is 29.8 Å². The second-order valence-corrected chi connectivity index (χ2v) is 5.52. The zero-order valence-electron chi connectivity index (χ0n) is 12.7. The van der Waals surface area contributed by atoms with Crippen LogP contribution in [0.25, 0.3) is 0 Å². The second kappa shape index (κ2) is 6.54. The molecule has 0 spiro atoms. The number of aryl methyl sites for hydroxylation is 1. The minimum absolute atomic E-state index is 0.182. The Morgan fingerprint density at radius 2 is 1.82 bits per heavy atom. The van der Waals surface area contributed by atoms with Crippen LogP contribution in [0.1, 0.15) is 17.2 Å². The Labute approximate surface area is 130 Å². The fourth-order valence-electron chi connectivity index (χ4n) is 2.84. The highest BCUT2D eigenvalue weighted by atomic mass is 15.3. The van der Waals surface area contributed by atoms with E-state index >= 15 is 0 Å². The predicted molar refractivity (Wildman–Crippen MR) is 85.4 cm³/mol. The molecule has 1 saturated heterocycles. The number of hydrogen-bond donors (Lipinski definition) is 0. The molecule has 0 bridgehead atoms. The number of hydrogen-bond acceptors (Lipinski definition) is 5. The summed E-state index contributed by atoms with van der Waals surface area (Å²) in [6.45, 7) is 5.42. The van der Waals surface area contributed by atoms with Gasteiger partial charge in [0.25, 0.3) is 0 Å². The molecule has 0 radical (unpaired) electrons. The van der Waals surface area contributed by atoms with Crippen LogP contribution in [-0.4, -0.2) is 41.0 Å². The van der Waals surface area contributed by atoms with Gasteiger partial charge in [0.05, 0.1) is 6.07 Å². The first kappa shape index (κ1) is 14.5. The van der Waals surface area contributed by atoms with Crippen LogP contribution in [0.4, 0.5) is 5.95 Å². The van der Waals surface area contributed by atoms with Crippen molar-refractivity contribution in [3.8, 4) is 6.07 Å². The van der Waals surface area contributed by atoms with Crippen LogP contribution in [0.15, 0.2) is 42.7 Å². The Morgan fingerprint density at radius 3 is 2.45 bits per heavy atom. The van der Waals surface area contributed by atoms with Gasteiger partial charge in [-0.25, -0.2) is 9.97 Å². The van der Waals surface area contributed by atoms with Crippen LogP contribution < -0.4 is 4.90 Å². The quantitative estimate of drug-likeness (QED) is 0.868. The first-order valence-electron chi connectivity index (χ1n) is 7.50. The molecule has 0 N–H and O–H groups in total. The van der Waals surface area contributed by atoms with Crippen LogP contribution in [0.3, 0.4) is 0 Å². The van der Waals surface area contributed by atoms with E-state index in [4.69, 9.17) is 0 Å². The molecule has 2 heterocycles. The third-order valence-corrected chi connectivity index (χ3v) is 3.99. The van der Waals surface area contributed by atoms with Gasteiger partial charge in [-0.3, -0.25) is 4.90 Å². The average molecular weight is 293 g/mol. The van der Waals surface area contributed by atoms with Crippen molar-refractivity contribution < 1.29 is 0 Å². The van der Waals surface area contributed by atoms with E-state index in [0.29, 0.717) is 0 Å². The molecule has 5 nitrogen and oxygen atoms in total. The summed E-state index contributed by atoms with van der Waals surface area (Å²) < 4.78 is 0. The summed E-state index contributed by atoms with van der Waals surface area (Å²) >= 11 is 0. The summed E-state index contributed by atoms with van der Waals surface area (Å²) in [6.07, 6.45) is 3.53. The van der Waals surface area contributed by atoms with E-state index in [0.717, 1.165) is 37.7 Å². The highest BCUT2D eigenvalue weighted by molar-refractivity contribution is 5.31. The van der Waals surface area contributed by atoms with Gasteiger partial charge in [-0.15, -0.1) is 0 Å². The molecule has 1 fully saturated rings. The summed E-state index contributed by atoms with van der Waals surface area (Å²) in [5.74, 6) is 0.770. The number of nitrogens with zero attached hydrogens (tertiary/aromatic N) is 5. The van der Waals surface area contributed by atoms with Crippen molar-refractivity contribution in [1.82, 2.24) is 14.9 Å². The SMILES string of the molecule is Cc1cccc(C(C#N)N2CCN(c3ncccn3)CC2)c1. The minimum Gasteiger partial charge on any atom is -0.338 e. The zero-order chi connectivity index (χ0) is 15.4. The summed E-state index contributed by atoms with van der Waals surface area (Å²) in [6, 6.07) is 12.3. The van der Waals surface area contributed by atoms with E-state index in [-0.39, 0.29) is 6.04 Å². The van der Waals surface area contributed by atoms with E-state index in [1.807, 2.05) is 18.2 Å². The second-order valence-electron chi connectivity index (χ2n) is 5.52. The lowest BCUT2D eigenvalue weighted by Crippen LogP contribution is -2.48. The van der Waals surface area contributed by atoms with Crippen molar-refractivity contribution in [2.24, 2.45) is 0 Å². The molecule has 2 aromatic rings. The molecule has 1 aliphatic heterocycles. The normalized spacial score (nSPS) is 17.0. The van der Waals surface area contributed by atoms with E-state index in [1.165, 1.54) is 5.56 Å². The maximum atomic E-state index is 9.58. The van der Waals surface area contributed by atoms with E-state index in [2.05, 4.69) is 44.9 Å². The lowest BCUT2D eigenvalue weighted by molar-refractivity contribution is 0.221. The maximum Gasteiger partial charge on any atom is 0.225 e. The smallest absolute Gasteiger partial charge is 0.225 e. The number of nitriles is 1. The first-order chi connectivity index (χ1) is 10.8. The first-order valence-corrected chi connectivity index (χ1v) is 7.50. The molecule has 1 unspecified atom stereocenters. The Morgan fingerprint density at radius 1 is 1.09 bits per heavy atom. The van der Waals surface area contributed by atoms with Gasteiger partial charge in [0.15, 0.2) is 0 Å². The third-order valence-electron chi connectivity index (χ3n) is 3.99. The highest BCUT2D eigenvalue weighted by Crippen LogP contribution is 2.23. The Hall–Kier alpha value is -2.45. The number of anilines is 1. The summed E-state index contributed by atoms with van der Waals surface area (Å²) in [7, 11) is 0. The largest absolute Gasteiger partial charge is 0.338 e. The predicted octanol–water partition coefficient (Wildman–Crippen LogP) is 2.17. The van der Waals surface area contributed by atoms with Gasteiger partial charge >= 0.3 is 0 Å². The van der Waals surface area contributed by atoms with Crippen molar-refractivity contribution in [2.45, 2.75) is 13.0 Å². The number of rotatable bonds is 3. The van der Waals surface area contributed by atoms with Crippen LogP contribution >= 0.6 is 0 Å². The monoisotopic (exact) mass is 293 g/mol. The number of piperazine rings is 1. The van der Waals surface area contributed by atoms with Crippen molar-refractivity contribution >= 4 is 5.95 Å². The maximum absolute atomic E-state index is 9.58. The highest BCUT2D eigenvalue weighted by Gasteiger charge is 2.25. The number of benzene rings is 1. The van der Waals surface area contributed by atoms with Crippen molar-refractivity contribution in [1.29, 1.82) is 5.26 Å². The van der Waals surface area contributed by atoms with E-state index in [1.54, 1.807) is 12.4 Å². The van der Waals surface area contributed by atoms with Crippen LogP contribution in [-0.2, 0) is 0 Å².